The van der Waals surface area contributed by atoms with E-state index in [-0.39, 0.29) is 36.5 Å². The molecule has 0 saturated carbocycles. The molecule has 1 atom stereocenters. The molecule has 3 aliphatic heterocycles. The highest BCUT2D eigenvalue weighted by atomic mass is 16.6. The smallest absolute Gasteiger partial charge is 0.310 e. The van der Waals surface area contributed by atoms with Crippen LogP contribution in [0.2, 0.25) is 0 Å². The number of rotatable bonds is 5. The highest BCUT2D eigenvalue weighted by Crippen LogP contribution is 2.31. The second-order valence-electron chi connectivity index (χ2n) is 11.5. The van der Waals surface area contributed by atoms with Crippen LogP contribution in [0.25, 0.3) is 0 Å². The zero-order valence-corrected chi connectivity index (χ0v) is 23.1. The van der Waals surface area contributed by atoms with Crippen molar-refractivity contribution in [1.82, 2.24) is 15.1 Å². The number of nitrogens with zero attached hydrogens (tertiary/aromatic N) is 3. The lowest BCUT2D eigenvalue weighted by molar-refractivity contribution is -0.154. The van der Waals surface area contributed by atoms with E-state index >= 15 is 0 Å². The van der Waals surface area contributed by atoms with Crippen LogP contribution in [0.3, 0.4) is 0 Å². The molecular formula is C30H34N4O6. The van der Waals surface area contributed by atoms with Crippen molar-refractivity contribution in [2.75, 3.05) is 31.1 Å². The molecule has 10 heteroatoms. The molecule has 3 heterocycles. The molecule has 2 aromatic carbocycles. The third kappa shape index (κ3) is 5.85. The number of amides is 4. The largest absolute Gasteiger partial charge is 0.460 e. The molecule has 0 spiro atoms. The molecule has 0 aromatic heterocycles. The molecular weight excluding hydrogens is 512 g/mol. The summed E-state index contributed by atoms with van der Waals surface area (Å²) in [5.74, 6) is -1.27. The predicted molar refractivity (Wildman–Crippen MR) is 147 cm³/mol. The molecule has 2 aromatic rings. The lowest BCUT2D eigenvalue weighted by atomic mass is 10.0. The molecule has 0 bridgehead atoms. The monoisotopic (exact) mass is 546 g/mol. The van der Waals surface area contributed by atoms with E-state index in [0.717, 1.165) is 16.8 Å². The van der Waals surface area contributed by atoms with E-state index in [2.05, 4.69) is 10.2 Å². The fourth-order valence-corrected chi connectivity index (χ4v) is 5.42. The van der Waals surface area contributed by atoms with Crippen LogP contribution in [-0.2, 0) is 32.1 Å². The third-order valence-corrected chi connectivity index (χ3v) is 7.41. The lowest BCUT2D eigenvalue weighted by Crippen LogP contribution is -2.52. The van der Waals surface area contributed by atoms with E-state index < -0.39 is 17.6 Å². The fourth-order valence-electron chi connectivity index (χ4n) is 5.42. The fraction of sp³-hybridized carbons (Fsp3) is 0.433. The summed E-state index contributed by atoms with van der Waals surface area (Å²) in [6, 6.07) is 12.1. The van der Waals surface area contributed by atoms with Crippen molar-refractivity contribution in [2.45, 2.75) is 58.2 Å². The van der Waals surface area contributed by atoms with Gasteiger partial charge >= 0.3 is 5.97 Å². The molecule has 40 heavy (non-hydrogen) atoms. The van der Waals surface area contributed by atoms with Gasteiger partial charge in [0.25, 0.3) is 11.8 Å². The van der Waals surface area contributed by atoms with Gasteiger partial charge in [0.1, 0.15) is 11.6 Å². The van der Waals surface area contributed by atoms with Gasteiger partial charge in [0.05, 0.1) is 6.42 Å². The van der Waals surface area contributed by atoms with Crippen LogP contribution in [0.5, 0.6) is 0 Å². The number of piperazine rings is 1. The molecule has 2 fully saturated rings. The van der Waals surface area contributed by atoms with Gasteiger partial charge in [-0.1, -0.05) is 12.1 Å². The first kappa shape index (κ1) is 27.4. The topological polar surface area (TPSA) is 116 Å². The number of hydrogen-bond donors (Lipinski definition) is 1. The van der Waals surface area contributed by atoms with Crippen molar-refractivity contribution in [3.63, 3.8) is 0 Å². The minimum atomic E-state index is -0.637. The van der Waals surface area contributed by atoms with Gasteiger partial charge < -0.3 is 19.4 Å². The Morgan fingerprint density at radius 3 is 2.33 bits per heavy atom. The van der Waals surface area contributed by atoms with Crippen molar-refractivity contribution in [3.8, 4) is 0 Å². The van der Waals surface area contributed by atoms with Gasteiger partial charge in [0.2, 0.25) is 11.8 Å². The van der Waals surface area contributed by atoms with E-state index in [1.54, 1.807) is 35.2 Å². The van der Waals surface area contributed by atoms with Crippen molar-refractivity contribution in [1.29, 1.82) is 0 Å². The number of hydrogen-bond acceptors (Lipinski definition) is 7. The number of anilines is 1. The molecule has 5 rings (SSSR count). The highest BCUT2D eigenvalue weighted by molar-refractivity contribution is 6.05. The quantitative estimate of drug-likeness (QED) is 0.452. The van der Waals surface area contributed by atoms with E-state index in [9.17, 15) is 24.0 Å². The number of esters is 1. The first-order valence-electron chi connectivity index (χ1n) is 13.6. The van der Waals surface area contributed by atoms with Crippen LogP contribution in [0.1, 0.15) is 65.5 Å². The second-order valence-corrected chi connectivity index (χ2v) is 11.5. The Morgan fingerprint density at radius 2 is 1.68 bits per heavy atom. The SMILES string of the molecule is CC(C)(C)OC(=O)Cc1ccc(C(=O)N2CCN(c3ccc4c(c3)CN(C3CCC(=O)NC3=O)C4=O)CC2)cc1. The van der Waals surface area contributed by atoms with Crippen LogP contribution in [0.4, 0.5) is 5.69 Å². The number of piperidine rings is 1. The Kier molecular flexibility index (Phi) is 7.35. The van der Waals surface area contributed by atoms with Crippen molar-refractivity contribution in [3.05, 3.63) is 64.7 Å². The van der Waals surface area contributed by atoms with Crippen LogP contribution >= 0.6 is 0 Å². The van der Waals surface area contributed by atoms with Gasteiger partial charge in [-0.25, -0.2) is 0 Å². The Morgan fingerprint density at radius 1 is 0.975 bits per heavy atom. The van der Waals surface area contributed by atoms with Gasteiger partial charge in [-0.05, 0) is 68.7 Å². The lowest BCUT2D eigenvalue weighted by Gasteiger charge is -2.36. The zero-order chi connectivity index (χ0) is 28.6. The number of imide groups is 1. The van der Waals surface area contributed by atoms with Gasteiger partial charge in [-0.3, -0.25) is 29.3 Å². The first-order valence-corrected chi connectivity index (χ1v) is 13.6. The molecule has 210 valence electrons. The molecule has 3 aliphatic rings. The molecule has 0 radical (unpaired) electrons. The van der Waals surface area contributed by atoms with Gasteiger partial charge in [0, 0.05) is 56.0 Å². The Labute approximate surface area is 233 Å². The summed E-state index contributed by atoms with van der Waals surface area (Å²) in [7, 11) is 0. The average Bonchev–Trinajstić information content (AvgIpc) is 3.23. The maximum atomic E-state index is 13.1. The van der Waals surface area contributed by atoms with Crippen molar-refractivity contribution in [2.24, 2.45) is 0 Å². The van der Waals surface area contributed by atoms with E-state index in [1.165, 1.54) is 0 Å². The molecule has 1 unspecified atom stereocenters. The molecule has 1 N–H and O–H groups in total. The average molecular weight is 547 g/mol. The molecule has 10 nitrogen and oxygen atoms in total. The first-order chi connectivity index (χ1) is 19.0. The standard InChI is InChI=1S/C30H34N4O6/c1-30(2,3)40-26(36)16-19-4-6-20(7-5-19)28(38)33-14-12-32(13-15-33)22-8-9-23-21(17-22)18-34(29(23)39)24-10-11-25(35)31-27(24)37/h4-9,17,24H,10-16,18H2,1-3H3,(H,31,35,37). The minimum Gasteiger partial charge on any atom is -0.460 e. The van der Waals surface area contributed by atoms with E-state index in [1.807, 2.05) is 37.8 Å². The summed E-state index contributed by atoms with van der Waals surface area (Å²) in [4.78, 5) is 67.5. The van der Waals surface area contributed by atoms with Crippen molar-refractivity contribution < 1.29 is 28.7 Å². The number of fused-ring (bicyclic) bond motifs is 1. The Bertz CT molecular complexity index is 1360. The Hall–Kier alpha value is -4.21. The van der Waals surface area contributed by atoms with Crippen LogP contribution in [0, 0.1) is 0 Å². The maximum absolute atomic E-state index is 13.1. The summed E-state index contributed by atoms with van der Waals surface area (Å²) in [5, 5.41) is 2.33. The van der Waals surface area contributed by atoms with Crippen LogP contribution in [0.15, 0.2) is 42.5 Å². The normalized spacial score (nSPS) is 19.4. The van der Waals surface area contributed by atoms with E-state index in [0.29, 0.717) is 50.3 Å². The molecule has 2 saturated heterocycles. The van der Waals surface area contributed by atoms with Crippen LogP contribution in [-0.4, -0.2) is 77.2 Å². The second kappa shape index (κ2) is 10.7. The number of nitrogens with one attached hydrogen (secondary N) is 1. The predicted octanol–water partition coefficient (Wildman–Crippen LogP) is 2.29. The zero-order valence-electron chi connectivity index (χ0n) is 23.1. The number of ether oxygens (including phenoxy) is 1. The van der Waals surface area contributed by atoms with Gasteiger partial charge in [-0.15, -0.1) is 0 Å². The van der Waals surface area contributed by atoms with Gasteiger partial charge in [0.15, 0.2) is 0 Å². The summed E-state index contributed by atoms with van der Waals surface area (Å²) >= 11 is 0. The van der Waals surface area contributed by atoms with Crippen molar-refractivity contribution >= 4 is 35.3 Å². The maximum Gasteiger partial charge on any atom is 0.310 e. The summed E-state index contributed by atoms with van der Waals surface area (Å²) in [6.07, 6.45) is 0.711. The molecule has 0 aliphatic carbocycles. The Balaban J connectivity index is 1.17. The summed E-state index contributed by atoms with van der Waals surface area (Å²) in [6.45, 7) is 8.21. The molecule has 4 amide bonds. The van der Waals surface area contributed by atoms with E-state index in [4.69, 9.17) is 4.74 Å². The number of carbonyl (C=O) groups excluding carboxylic acids is 5. The minimum absolute atomic E-state index is 0.0529. The number of benzene rings is 2. The summed E-state index contributed by atoms with van der Waals surface area (Å²) in [5.41, 5.74) is 3.24. The highest BCUT2D eigenvalue weighted by Gasteiger charge is 2.39. The van der Waals surface area contributed by atoms with Crippen LogP contribution < -0.4 is 10.2 Å². The number of carbonyl (C=O) groups is 5. The van der Waals surface area contributed by atoms with Gasteiger partial charge in [-0.2, -0.15) is 0 Å². The summed E-state index contributed by atoms with van der Waals surface area (Å²) < 4.78 is 5.37. The third-order valence-electron chi connectivity index (χ3n) is 7.41.